The number of amides is 1. The van der Waals surface area contributed by atoms with E-state index in [0.29, 0.717) is 4.91 Å². The highest BCUT2D eigenvalue weighted by Gasteiger charge is 2.27. The molecule has 2 aromatic rings. The smallest absolute Gasteiger partial charge is 0.260 e. The van der Waals surface area contributed by atoms with Crippen molar-refractivity contribution in [2.24, 2.45) is 0 Å². The van der Waals surface area contributed by atoms with E-state index in [4.69, 9.17) is 0 Å². The van der Waals surface area contributed by atoms with Gasteiger partial charge in [-0.05, 0) is 93.1 Å². The van der Waals surface area contributed by atoms with Crippen molar-refractivity contribution in [2.45, 2.75) is 18.8 Å². The van der Waals surface area contributed by atoms with Crippen molar-refractivity contribution in [1.82, 2.24) is 5.32 Å². The standard InChI is InChI=1S/C18H16I2N2O2S/c1-2-10-3-5-12(6-4-10)21-18-22-17(24)15(25-18)9-11-7-13(19)16(23)14(20)8-11/h3-9,18,21,23H,2H2,1H3,(H,22,24)/b15-9-/t18-/m0/s1. The van der Waals surface area contributed by atoms with Crippen LogP contribution in [0.25, 0.3) is 6.08 Å². The van der Waals surface area contributed by atoms with Gasteiger partial charge in [-0.1, -0.05) is 30.8 Å². The fraction of sp³-hybridized carbons (Fsp3) is 0.167. The van der Waals surface area contributed by atoms with Crippen LogP contribution in [0.5, 0.6) is 5.75 Å². The number of hydrogen-bond donors (Lipinski definition) is 3. The largest absolute Gasteiger partial charge is 0.506 e. The molecule has 7 heteroatoms. The maximum absolute atomic E-state index is 12.2. The summed E-state index contributed by atoms with van der Waals surface area (Å²) in [5.41, 5.74) is 2.97. The number of aryl methyl sites for hydroxylation is 1. The Morgan fingerprint density at radius 3 is 2.48 bits per heavy atom. The second kappa shape index (κ2) is 8.17. The summed E-state index contributed by atoms with van der Waals surface area (Å²) in [6.45, 7) is 2.12. The summed E-state index contributed by atoms with van der Waals surface area (Å²) in [5.74, 6) is 0.188. The van der Waals surface area contributed by atoms with Gasteiger partial charge in [0, 0.05) is 5.69 Å². The maximum Gasteiger partial charge on any atom is 0.260 e. The Labute approximate surface area is 178 Å². The first kappa shape index (κ1) is 18.8. The fourth-order valence-electron chi connectivity index (χ4n) is 2.37. The normalized spacial score (nSPS) is 18.4. The molecule has 0 aliphatic carbocycles. The van der Waals surface area contributed by atoms with Crippen LogP contribution in [0.4, 0.5) is 5.69 Å². The predicted octanol–water partition coefficient (Wildman–Crippen LogP) is 4.76. The first-order valence-corrected chi connectivity index (χ1v) is 10.7. The number of halogens is 2. The molecule has 1 aliphatic rings. The average Bonchev–Trinajstić information content (AvgIpc) is 2.92. The van der Waals surface area contributed by atoms with Crippen LogP contribution in [0, 0.1) is 7.14 Å². The predicted molar refractivity (Wildman–Crippen MR) is 120 cm³/mol. The number of benzene rings is 2. The van der Waals surface area contributed by atoms with Gasteiger partial charge in [-0.3, -0.25) is 4.79 Å². The zero-order valence-corrected chi connectivity index (χ0v) is 18.5. The van der Waals surface area contributed by atoms with Crippen LogP contribution in [-0.2, 0) is 11.2 Å². The molecular formula is C18H16I2N2O2S. The van der Waals surface area contributed by atoms with Gasteiger partial charge in [0.2, 0.25) is 0 Å². The summed E-state index contributed by atoms with van der Waals surface area (Å²) < 4.78 is 1.54. The zero-order chi connectivity index (χ0) is 18.0. The van der Waals surface area contributed by atoms with Crippen molar-refractivity contribution >= 4 is 74.6 Å². The van der Waals surface area contributed by atoms with Gasteiger partial charge in [-0.25, -0.2) is 0 Å². The highest BCUT2D eigenvalue weighted by molar-refractivity contribution is 14.1. The molecule has 1 fully saturated rings. The van der Waals surface area contributed by atoms with E-state index in [-0.39, 0.29) is 17.2 Å². The Hall–Kier alpha value is -0.940. The first-order chi connectivity index (χ1) is 12.0. The molecule has 4 nitrogen and oxygen atoms in total. The van der Waals surface area contributed by atoms with E-state index in [9.17, 15) is 9.90 Å². The molecule has 1 heterocycles. The Morgan fingerprint density at radius 1 is 1.24 bits per heavy atom. The molecule has 1 aliphatic heterocycles. The van der Waals surface area contributed by atoms with E-state index in [0.717, 1.165) is 24.8 Å². The van der Waals surface area contributed by atoms with Crippen LogP contribution in [0.2, 0.25) is 0 Å². The van der Waals surface area contributed by atoms with E-state index in [2.05, 4.69) is 74.9 Å². The van der Waals surface area contributed by atoms with Crippen LogP contribution in [0.3, 0.4) is 0 Å². The average molecular weight is 578 g/mol. The summed E-state index contributed by atoms with van der Waals surface area (Å²) in [6, 6.07) is 11.9. The first-order valence-electron chi connectivity index (χ1n) is 7.69. The molecule has 0 radical (unpaired) electrons. The van der Waals surface area contributed by atoms with Crippen molar-refractivity contribution in [1.29, 1.82) is 0 Å². The zero-order valence-electron chi connectivity index (χ0n) is 13.3. The molecule has 130 valence electrons. The van der Waals surface area contributed by atoms with E-state index >= 15 is 0 Å². The molecule has 3 N–H and O–H groups in total. The van der Waals surface area contributed by atoms with Gasteiger partial charge in [0.25, 0.3) is 5.91 Å². The highest BCUT2D eigenvalue weighted by Crippen LogP contribution is 2.33. The van der Waals surface area contributed by atoms with Gasteiger partial charge in [0.1, 0.15) is 5.75 Å². The number of carbonyl (C=O) groups is 1. The monoisotopic (exact) mass is 578 g/mol. The topological polar surface area (TPSA) is 61.4 Å². The Kier molecular flexibility index (Phi) is 6.16. The number of thioether (sulfide) groups is 1. The third kappa shape index (κ3) is 4.62. The van der Waals surface area contributed by atoms with Crippen molar-refractivity contribution < 1.29 is 9.90 Å². The molecule has 0 bridgehead atoms. The summed E-state index contributed by atoms with van der Waals surface area (Å²) in [5, 5.41) is 16.1. The number of hydrogen-bond acceptors (Lipinski definition) is 4. The van der Waals surface area contributed by atoms with Crippen molar-refractivity contribution in [3.05, 3.63) is 59.6 Å². The summed E-state index contributed by atoms with van der Waals surface area (Å²) in [7, 11) is 0. The second-order valence-electron chi connectivity index (χ2n) is 5.51. The number of phenols is 1. The number of anilines is 1. The van der Waals surface area contributed by atoms with Crippen LogP contribution < -0.4 is 10.6 Å². The molecule has 3 rings (SSSR count). The van der Waals surface area contributed by atoms with E-state index < -0.39 is 0 Å². The molecule has 0 saturated carbocycles. The number of carbonyl (C=O) groups excluding carboxylic acids is 1. The van der Waals surface area contributed by atoms with E-state index in [1.165, 1.54) is 17.3 Å². The minimum absolute atomic E-state index is 0.0919. The lowest BCUT2D eigenvalue weighted by Gasteiger charge is -2.12. The van der Waals surface area contributed by atoms with Gasteiger partial charge in [-0.15, -0.1) is 0 Å². The minimum Gasteiger partial charge on any atom is -0.506 e. The lowest BCUT2D eigenvalue weighted by molar-refractivity contribution is -0.116. The van der Waals surface area contributed by atoms with Gasteiger partial charge in [0.05, 0.1) is 12.0 Å². The number of nitrogens with one attached hydrogen (secondary N) is 2. The van der Waals surface area contributed by atoms with Crippen LogP contribution in [-0.4, -0.2) is 16.5 Å². The fourth-order valence-corrected chi connectivity index (χ4v) is 5.17. The van der Waals surface area contributed by atoms with Crippen LogP contribution >= 0.6 is 56.9 Å². The van der Waals surface area contributed by atoms with Crippen LogP contribution in [0.1, 0.15) is 18.1 Å². The molecule has 1 saturated heterocycles. The van der Waals surface area contributed by atoms with Crippen LogP contribution in [0.15, 0.2) is 41.3 Å². The lowest BCUT2D eigenvalue weighted by atomic mass is 10.1. The number of rotatable bonds is 4. The Morgan fingerprint density at radius 2 is 1.88 bits per heavy atom. The third-order valence-electron chi connectivity index (χ3n) is 3.73. The molecular weight excluding hydrogens is 562 g/mol. The molecule has 1 atom stereocenters. The van der Waals surface area contributed by atoms with Gasteiger partial charge < -0.3 is 15.7 Å². The molecule has 0 spiro atoms. The maximum atomic E-state index is 12.2. The van der Waals surface area contributed by atoms with Crippen molar-refractivity contribution in [3.63, 3.8) is 0 Å². The Bertz CT molecular complexity index is 814. The minimum atomic E-state index is -0.193. The lowest BCUT2D eigenvalue weighted by Crippen LogP contribution is -2.30. The molecule has 2 aromatic carbocycles. The number of aromatic hydroxyl groups is 1. The van der Waals surface area contributed by atoms with Crippen molar-refractivity contribution in [2.75, 3.05) is 5.32 Å². The quantitative estimate of drug-likeness (QED) is 0.362. The highest BCUT2D eigenvalue weighted by atomic mass is 127. The van der Waals surface area contributed by atoms with E-state index in [1.807, 2.05) is 30.3 Å². The molecule has 1 amide bonds. The molecule has 25 heavy (non-hydrogen) atoms. The second-order valence-corrected chi connectivity index (χ2v) is 8.98. The van der Waals surface area contributed by atoms with E-state index in [1.54, 1.807) is 0 Å². The summed E-state index contributed by atoms with van der Waals surface area (Å²) in [4.78, 5) is 12.9. The van der Waals surface area contributed by atoms with Gasteiger partial charge >= 0.3 is 0 Å². The third-order valence-corrected chi connectivity index (χ3v) is 6.40. The summed E-state index contributed by atoms with van der Waals surface area (Å²) in [6.07, 6.45) is 2.86. The molecule has 0 aromatic heterocycles. The van der Waals surface area contributed by atoms with Crippen molar-refractivity contribution in [3.8, 4) is 5.75 Å². The number of phenolic OH excluding ortho intramolecular Hbond substituents is 1. The van der Waals surface area contributed by atoms with Gasteiger partial charge in [-0.2, -0.15) is 0 Å². The van der Waals surface area contributed by atoms with Gasteiger partial charge in [0.15, 0.2) is 5.50 Å². The summed E-state index contributed by atoms with van der Waals surface area (Å²) >= 11 is 5.63. The SMILES string of the molecule is CCc1ccc(N[C@H]2NC(=O)/C(=C/c3cc(I)c(O)c(I)c3)S2)cc1. The Balaban J connectivity index is 1.73. The molecule has 0 unspecified atom stereocenters.